The lowest BCUT2D eigenvalue weighted by Crippen LogP contribution is -2.22. The topological polar surface area (TPSA) is 17.1 Å². The van der Waals surface area contributed by atoms with Gasteiger partial charge in [-0.1, -0.05) is 24.6 Å². The van der Waals surface area contributed by atoms with E-state index in [9.17, 15) is 9.18 Å². The Hall–Kier alpha value is -1.18. The van der Waals surface area contributed by atoms with Gasteiger partial charge in [-0.3, -0.25) is 4.79 Å². The van der Waals surface area contributed by atoms with E-state index in [4.69, 9.17) is 0 Å². The Morgan fingerprint density at radius 3 is 2.71 bits per heavy atom. The summed E-state index contributed by atoms with van der Waals surface area (Å²) in [6.45, 7) is 0. The molecule has 0 amide bonds. The number of carbonyl (C=O) groups is 1. The van der Waals surface area contributed by atoms with Gasteiger partial charge in [0.25, 0.3) is 0 Å². The number of hydrogen-bond acceptors (Lipinski definition) is 1. The molecule has 0 heterocycles. The number of halogens is 1. The fourth-order valence-electron chi connectivity index (χ4n) is 3.60. The van der Waals surface area contributed by atoms with Crippen LogP contribution >= 0.6 is 0 Å². The highest BCUT2D eigenvalue weighted by Crippen LogP contribution is 2.48. The first kappa shape index (κ1) is 10.9. The molecule has 17 heavy (non-hydrogen) atoms. The average Bonchev–Trinajstić information content (AvgIpc) is 2.94. The summed E-state index contributed by atoms with van der Waals surface area (Å²) in [6, 6.07) is 6.62. The molecule has 3 rings (SSSR count). The summed E-state index contributed by atoms with van der Waals surface area (Å²) in [4.78, 5) is 12.2. The minimum Gasteiger partial charge on any atom is -0.299 e. The minimum absolute atomic E-state index is 0.216. The second-order valence-electron chi connectivity index (χ2n) is 5.52. The first-order valence-electron chi connectivity index (χ1n) is 6.50. The van der Waals surface area contributed by atoms with Gasteiger partial charge in [0.15, 0.2) is 0 Å². The molecule has 90 valence electrons. The van der Waals surface area contributed by atoms with Gasteiger partial charge in [0.2, 0.25) is 0 Å². The minimum atomic E-state index is -0.246. The number of fused-ring (bicyclic) bond motifs is 2. The van der Waals surface area contributed by atoms with E-state index < -0.39 is 0 Å². The summed E-state index contributed by atoms with van der Waals surface area (Å²) in [5, 5.41) is 0. The van der Waals surface area contributed by atoms with Crippen LogP contribution in [-0.2, 0) is 11.2 Å². The van der Waals surface area contributed by atoms with Gasteiger partial charge >= 0.3 is 0 Å². The molecule has 3 unspecified atom stereocenters. The van der Waals surface area contributed by atoms with Crippen LogP contribution in [0.4, 0.5) is 4.39 Å². The van der Waals surface area contributed by atoms with Crippen LogP contribution in [0, 0.1) is 23.6 Å². The van der Waals surface area contributed by atoms with Crippen molar-refractivity contribution in [3.63, 3.8) is 0 Å². The SMILES string of the molecule is O=C(Cc1ccccc1F)C1CC2CCC1C2. The van der Waals surface area contributed by atoms with Crippen LogP contribution in [0.1, 0.15) is 31.2 Å². The fraction of sp³-hybridized carbons (Fsp3) is 0.533. The fourth-order valence-corrected chi connectivity index (χ4v) is 3.60. The molecule has 0 aromatic heterocycles. The zero-order valence-corrected chi connectivity index (χ0v) is 9.86. The van der Waals surface area contributed by atoms with E-state index >= 15 is 0 Å². The van der Waals surface area contributed by atoms with Crippen LogP contribution in [0.25, 0.3) is 0 Å². The van der Waals surface area contributed by atoms with Crippen LogP contribution in [0.5, 0.6) is 0 Å². The molecule has 0 radical (unpaired) electrons. The monoisotopic (exact) mass is 232 g/mol. The molecule has 0 spiro atoms. The predicted octanol–water partition coefficient (Wildman–Crippen LogP) is 3.37. The maximum absolute atomic E-state index is 13.5. The molecule has 1 aromatic rings. The van der Waals surface area contributed by atoms with Gasteiger partial charge in [-0.05, 0) is 42.7 Å². The van der Waals surface area contributed by atoms with E-state index in [2.05, 4.69) is 0 Å². The number of hydrogen-bond donors (Lipinski definition) is 0. The highest BCUT2D eigenvalue weighted by atomic mass is 19.1. The molecule has 2 aliphatic rings. The van der Waals surface area contributed by atoms with Gasteiger partial charge in [0.05, 0.1) is 0 Å². The van der Waals surface area contributed by atoms with E-state index in [1.807, 2.05) is 0 Å². The highest BCUT2D eigenvalue weighted by molar-refractivity contribution is 5.84. The summed E-state index contributed by atoms with van der Waals surface area (Å²) in [6.07, 6.45) is 5.07. The van der Waals surface area contributed by atoms with Crippen molar-refractivity contribution >= 4 is 5.78 Å². The number of Topliss-reactive ketones (excluding diaryl/α,β-unsaturated/α-hetero) is 1. The van der Waals surface area contributed by atoms with Gasteiger partial charge in [-0.25, -0.2) is 4.39 Å². The van der Waals surface area contributed by atoms with Crippen LogP contribution in [0.15, 0.2) is 24.3 Å². The first-order chi connectivity index (χ1) is 8.24. The molecule has 2 bridgehead atoms. The summed E-state index contributed by atoms with van der Waals surface area (Å²) in [7, 11) is 0. The third-order valence-electron chi connectivity index (χ3n) is 4.47. The first-order valence-corrected chi connectivity index (χ1v) is 6.50. The van der Waals surface area contributed by atoms with E-state index in [0.29, 0.717) is 11.5 Å². The maximum atomic E-state index is 13.5. The second kappa shape index (κ2) is 4.25. The molecule has 3 atom stereocenters. The van der Waals surface area contributed by atoms with E-state index in [1.54, 1.807) is 18.2 Å². The third kappa shape index (κ3) is 2.01. The van der Waals surface area contributed by atoms with Crippen molar-refractivity contribution < 1.29 is 9.18 Å². The number of benzene rings is 1. The van der Waals surface area contributed by atoms with Crippen LogP contribution in [-0.4, -0.2) is 5.78 Å². The standard InChI is InChI=1S/C15H17FO/c16-14-4-2-1-3-12(14)9-15(17)13-8-10-5-6-11(13)7-10/h1-4,10-11,13H,5-9H2. The van der Waals surface area contributed by atoms with Gasteiger partial charge in [0.1, 0.15) is 11.6 Å². The lowest BCUT2D eigenvalue weighted by Gasteiger charge is -2.20. The van der Waals surface area contributed by atoms with Crippen LogP contribution < -0.4 is 0 Å². The smallest absolute Gasteiger partial charge is 0.140 e. The van der Waals surface area contributed by atoms with Crippen molar-refractivity contribution in [3.05, 3.63) is 35.6 Å². The van der Waals surface area contributed by atoms with E-state index in [1.165, 1.54) is 25.3 Å². The Bertz CT molecular complexity index is 440. The third-order valence-corrected chi connectivity index (χ3v) is 4.47. The Labute approximate surface area is 101 Å². The molecule has 1 aromatic carbocycles. The Kier molecular flexibility index (Phi) is 2.73. The van der Waals surface area contributed by atoms with Crippen LogP contribution in [0.3, 0.4) is 0 Å². The van der Waals surface area contributed by atoms with Gasteiger partial charge < -0.3 is 0 Å². The zero-order valence-electron chi connectivity index (χ0n) is 9.86. The number of rotatable bonds is 3. The van der Waals surface area contributed by atoms with Gasteiger partial charge in [-0.15, -0.1) is 0 Å². The van der Waals surface area contributed by atoms with E-state index in [0.717, 1.165) is 12.3 Å². The summed E-state index contributed by atoms with van der Waals surface area (Å²) >= 11 is 0. The summed E-state index contributed by atoms with van der Waals surface area (Å²) in [5.41, 5.74) is 0.556. The average molecular weight is 232 g/mol. The quantitative estimate of drug-likeness (QED) is 0.780. The predicted molar refractivity (Wildman–Crippen MR) is 64.0 cm³/mol. The van der Waals surface area contributed by atoms with E-state index in [-0.39, 0.29) is 23.9 Å². The molecular formula is C15H17FO. The lowest BCUT2D eigenvalue weighted by atomic mass is 9.83. The largest absolute Gasteiger partial charge is 0.299 e. The Balaban J connectivity index is 1.70. The molecule has 2 fully saturated rings. The van der Waals surface area contributed by atoms with Crippen LogP contribution in [0.2, 0.25) is 0 Å². The molecule has 2 aliphatic carbocycles. The zero-order chi connectivity index (χ0) is 11.8. The summed E-state index contributed by atoms with van der Waals surface area (Å²) < 4.78 is 13.5. The number of carbonyl (C=O) groups excluding carboxylic acids is 1. The maximum Gasteiger partial charge on any atom is 0.140 e. The lowest BCUT2D eigenvalue weighted by molar-refractivity contribution is -0.123. The van der Waals surface area contributed by atoms with Crippen molar-refractivity contribution in [2.24, 2.45) is 17.8 Å². The molecule has 2 saturated carbocycles. The molecule has 0 N–H and O–H groups in total. The van der Waals surface area contributed by atoms with Gasteiger partial charge in [0, 0.05) is 12.3 Å². The Morgan fingerprint density at radius 1 is 1.24 bits per heavy atom. The normalized spacial score (nSPS) is 30.8. The van der Waals surface area contributed by atoms with Crippen molar-refractivity contribution in [1.82, 2.24) is 0 Å². The molecule has 2 heteroatoms. The second-order valence-corrected chi connectivity index (χ2v) is 5.52. The highest BCUT2D eigenvalue weighted by Gasteiger charge is 2.42. The molecule has 1 nitrogen and oxygen atoms in total. The number of ketones is 1. The molecule has 0 saturated heterocycles. The molecule has 0 aliphatic heterocycles. The Morgan fingerprint density at radius 2 is 2.06 bits per heavy atom. The summed E-state index contributed by atoms with van der Waals surface area (Å²) in [5.74, 6) is 1.59. The van der Waals surface area contributed by atoms with Crippen molar-refractivity contribution in [3.8, 4) is 0 Å². The molecular weight excluding hydrogens is 215 g/mol. The van der Waals surface area contributed by atoms with Crippen molar-refractivity contribution in [1.29, 1.82) is 0 Å². The van der Waals surface area contributed by atoms with Gasteiger partial charge in [-0.2, -0.15) is 0 Å². The van der Waals surface area contributed by atoms with Crippen molar-refractivity contribution in [2.75, 3.05) is 0 Å². The van der Waals surface area contributed by atoms with Crippen molar-refractivity contribution in [2.45, 2.75) is 32.1 Å².